The Kier molecular flexibility index (Phi) is 43.0. The molecule has 0 amide bonds. The summed E-state index contributed by atoms with van der Waals surface area (Å²) in [6, 6.07) is 0. The van der Waals surface area contributed by atoms with Gasteiger partial charge < -0.3 is 0 Å². The van der Waals surface area contributed by atoms with Crippen LogP contribution in [0.5, 0.6) is 0 Å². The minimum atomic E-state index is -1.08. The molecular weight excluding hydrogens is 272 g/mol. The van der Waals surface area contributed by atoms with Gasteiger partial charge in [0.25, 0.3) is 0 Å². The second-order valence-corrected chi connectivity index (χ2v) is 3.63. The van der Waals surface area contributed by atoms with E-state index in [0.717, 1.165) is 0 Å². The van der Waals surface area contributed by atoms with Gasteiger partial charge in [-0.05, 0) is 6.92 Å². The Bertz CT molecular complexity index is 22.4. The molecule has 0 fully saturated rings. The summed E-state index contributed by atoms with van der Waals surface area (Å²) < 4.78 is -1.08. The summed E-state index contributed by atoms with van der Waals surface area (Å²) in [4.78, 5) is 0. The Balaban J connectivity index is -0.0000000133. The zero-order valence-corrected chi connectivity index (χ0v) is 9.80. The fraction of sp³-hybridized carbons (Fsp3) is 1.00. The maximum Gasteiger partial charge on any atom is 0.187 e. The van der Waals surface area contributed by atoms with Crippen molar-refractivity contribution in [1.29, 1.82) is 0 Å². The van der Waals surface area contributed by atoms with Crippen molar-refractivity contribution in [1.82, 2.24) is 0 Å². The van der Waals surface area contributed by atoms with Crippen LogP contribution in [0, 0.1) is 0 Å². The van der Waals surface area contributed by atoms with Crippen LogP contribution in [-0.4, -0.2) is 3.79 Å². The van der Waals surface area contributed by atoms with Crippen LogP contribution in [0.1, 0.15) is 6.92 Å². The molecule has 0 atom stereocenters. The molecule has 0 bridgehead atoms. The Labute approximate surface area is 94.6 Å². The Hall–Kier alpha value is 2.03. The molecule has 7 heteroatoms. The van der Waals surface area contributed by atoms with Crippen molar-refractivity contribution >= 4 is 84.4 Å². The Morgan fingerprint density at radius 3 is 0.778 bits per heavy atom. The van der Waals surface area contributed by atoms with E-state index in [1.54, 1.807) is 0 Å². The normalized spacial score (nSPS) is 6.67. The first-order valence-electron chi connectivity index (χ1n) is 1.07. The van der Waals surface area contributed by atoms with Gasteiger partial charge in [0.1, 0.15) is 0 Å². The van der Waals surface area contributed by atoms with E-state index in [0.29, 0.717) is 0 Å². The topological polar surface area (TPSA) is 0 Å². The zero-order valence-electron chi connectivity index (χ0n) is 4.27. The quantitative estimate of drug-likeness (QED) is 0.586. The van der Waals surface area contributed by atoms with Crippen LogP contribution in [0.15, 0.2) is 0 Å². The van der Waals surface area contributed by atoms with Crippen molar-refractivity contribution in [2.45, 2.75) is 10.7 Å². The van der Waals surface area contributed by atoms with E-state index in [1.165, 1.54) is 6.92 Å². The molecule has 64 valence electrons. The number of alkyl halides is 3. The fourth-order valence-corrected chi connectivity index (χ4v) is 0. The molecule has 0 aliphatic heterocycles. The van der Waals surface area contributed by atoms with Crippen LogP contribution in [0.2, 0.25) is 0 Å². The third-order valence-electron chi connectivity index (χ3n) is 0. The fourth-order valence-electron chi connectivity index (χ4n) is 0. The van der Waals surface area contributed by atoms with E-state index < -0.39 is 3.79 Å². The highest BCUT2D eigenvalue weighted by Crippen LogP contribution is 2.23. The molecule has 0 unspecified atom stereocenters. The maximum atomic E-state index is 5.06. The van der Waals surface area contributed by atoms with E-state index in [-0.39, 0.29) is 49.6 Å². The lowest BCUT2D eigenvalue weighted by molar-refractivity contribution is 1.27. The van der Waals surface area contributed by atoms with Crippen molar-refractivity contribution < 1.29 is 0 Å². The molecule has 0 aromatic rings. The molecule has 0 spiro atoms. The molecule has 0 saturated carbocycles. The lowest BCUT2D eigenvalue weighted by Crippen LogP contribution is -1.87. The molecule has 0 aliphatic carbocycles. The minimum absolute atomic E-state index is 0. The monoisotopic (exact) mass is 276 g/mol. The van der Waals surface area contributed by atoms with Gasteiger partial charge >= 0.3 is 0 Å². The predicted molar refractivity (Wildman–Crippen MR) is 55.0 cm³/mol. The number of hydrogen-bond acceptors (Lipinski definition) is 0. The molecule has 0 rings (SSSR count). The lowest BCUT2D eigenvalue weighted by atomic mass is 10.9. The first kappa shape index (κ1) is 30.5. The van der Waals surface area contributed by atoms with Gasteiger partial charge in [-0.2, -0.15) is 0 Å². The van der Waals surface area contributed by atoms with Gasteiger partial charge in [0.2, 0.25) is 0 Å². The van der Waals surface area contributed by atoms with Crippen LogP contribution in [0.3, 0.4) is 0 Å². The van der Waals surface area contributed by atoms with Crippen molar-refractivity contribution in [3.05, 3.63) is 0 Å². The van der Waals surface area contributed by atoms with Crippen molar-refractivity contribution in [2.75, 3.05) is 0 Å². The van der Waals surface area contributed by atoms with E-state index in [9.17, 15) is 0 Å². The summed E-state index contributed by atoms with van der Waals surface area (Å²) in [6.07, 6.45) is 0. The molecule has 0 aromatic carbocycles. The van der Waals surface area contributed by atoms with Crippen LogP contribution in [0.4, 0.5) is 0 Å². The number of rotatable bonds is 0. The number of halogens is 7. The second kappa shape index (κ2) is 12.7. The summed E-state index contributed by atoms with van der Waals surface area (Å²) in [5.74, 6) is 0. The molecule has 9 heavy (non-hydrogen) atoms. The number of hydrogen-bond donors (Lipinski definition) is 0. The highest BCUT2D eigenvalue weighted by Gasteiger charge is 2.07. The first-order valence-corrected chi connectivity index (χ1v) is 2.20. The van der Waals surface area contributed by atoms with Gasteiger partial charge in [0.15, 0.2) is 3.79 Å². The van der Waals surface area contributed by atoms with Crippen molar-refractivity contribution in [3.8, 4) is 0 Å². The average Bonchev–Trinajstić information content (AvgIpc) is 0.722. The molecule has 0 aromatic heterocycles. The molecule has 0 aliphatic rings. The minimum Gasteiger partial charge on any atom is -0.147 e. The molecule has 0 heterocycles. The SMILES string of the molecule is CC(Cl)(Cl)Cl.Cl.Cl.Cl.Cl. The smallest absolute Gasteiger partial charge is 0.147 e. The van der Waals surface area contributed by atoms with Crippen molar-refractivity contribution in [3.63, 3.8) is 0 Å². The van der Waals surface area contributed by atoms with Gasteiger partial charge in [-0.3, -0.25) is 0 Å². The molecular formula is C2H7Cl7. The molecule has 0 saturated heterocycles. The largest absolute Gasteiger partial charge is 0.187 e. The third kappa shape index (κ3) is 157. The van der Waals surface area contributed by atoms with Gasteiger partial charge in [0.05, 0.1) is 0 Å². The summed E-state index contributed by atoms with van der Waals surface area (Å²) in [7, 11) is 0. The summed E-state index contributed by atoms with van der Waals surface area (Å²) in [5.41, 5.74) is 0. The van der Waals surface area contributed by atoms with E-state index in [2.05, 4.69) is 0 Å². The van der Waals surface area contributed by atoms with Crippen LogP contribution < -0.4 is 0 Å². The maximum absolute atomic E-state index is 5.06. The summed E-state index contributed by atoms with van der Waals surface area (Å²) >= 11 is 15.2. The van der Waals surface area contributed by atoms with Gasteiger partial charge in [-0.25, -0.2) is 0 Å². The lowest BCUT2D eigenvalue weighted by Gasteiger charge is -1.94. The summed E-state index contributed by atoms with van der Waals surface area (Å²) in [5, 5.41) is 0. The molecule has 0 N–H and O–H groups in total. The Morgan fingerprint density at radius 1 is 0.778 bits per heavy atom. The standard InChI is InChI=1S/C2H3Cl3.4ClH/c1-2(3,4)5;;;;/h1H3;4*1H. The van der Waals surface area contributed by atoms with Crippen LogP contribution in [0.25, 0.3) is 0 Å². The van der Waals surface area contributed by atoms with E-state index in [1.807, 2.05) is 0 Å². The molecule has 0 nitrogen and oxygen atoms in total. The van der Waals surface area contributed by atoms with Crippen LogP contribution in [-0.2, 0) is 0 Å². The highest BCUT2D eigenvalue weighted by atomic mass is 35.6. The van der Waals surface area contributed by atoms with Crippen LogP contribution >= 0.6 is 84.4 Å². The predicted octanol–water partition coefficient (Wildman–Crippen LogP) is 4.06. The van der Waals surface area contributed by atoms with Gasteiger partial charge in [-0.1, -0.05) is 34.8 Å². The first-order chi connectivity index (χ1) is 2.00. The Morgan fingerprint density at radius 2 is 0.778 bits per heavy atom. The van der Waals surface area contributed by atoms with Gasteiger partial charge in [-0.15, -0.1) is 49.6 Å². The zero-order chi connectivity index (χ0) is 4.50. The highest BCUT2D eigenvalue weighted by molar-refractivity contribution is 6.67. The average molecular weight is 279 g/mol. The van der Waals surface area contributed by atoms with E-state index >= 15 is 0 Å². The second-order valence-electron chi connectivity index (χ2n) is 0.781. The summed E-state index contributed by atoms with van der Waals surface area (Å²) in [6.45, 7) is 1.48. The van der Waals surface area contributed by atoms with Gasteiger partial charge in [0, 0.05) is 0 Å². The third-order valence-corrected chi connectivity index (χ3v) is 0. The van der Waals surface area contributed by atoms with Crippen molar-refractivity contribution in [2.24, 2.45) is 0 Å². The van der Waals surface area contributed by atoms with E-state index in [4.69, 9.17) is 34.8 Å². The molecule has 0 radical (unpaired) electrons.